The second-order valence-electron chi connectivity index (χ2n) is 7.37. The number of alkyl halides is 2. The molecule has 2 aliphatic carbocycles. The van der Waals surface area contributed by atoms with Gasteiger partial charge in [0.1, 0.15) is 0 Å². The monoisotopic (exact) mass is 458 g/mol. The van der Waals surface area contributed by atoms with Gasteiger partial charge in [-0.05, 0) is 72.2 Å². The summed E-state index contributed by atoms with van der Waals surface area (Å²) < 4.78 is 0. The van der Waals surface area contributed by atoms with Crippen LogP contribution in [0.25, 0.3) is 11.1 Å². The van der Waals surface area contributed by atoms with Crippen LogP contribution in [0.3, 0.4) is 0 Å². The van der Waals surface area contributed by atoms with Crippen molar-refractivity contribution in [1.29, 1.82) is 0 Å². The molecule has 0 spiro atoms. The molecule has 2 aliphatic rings. The van der Waals surface area contributed by atoms with Crippen LogP contribution in [-0.2, 0) is 36.0 Å². The molecule has 4 rings (SSSR count). The largest absolute Gasteiger partial charge is 0.109 e. The summed E-state index contributed by atoms with van der Waals surface area (Å²) in [5, 5.41) is 0. The Morgan fingerprint density at radius 2 is 1.00 bits per heavy atom. The maximum absolute atomic E-state index is 7.33. The molecule has 2 unspecified atom stereocenters. The fourth-order valence-electron chi connectivity index (χ4n) is 4.51. The Labute approximate surface area is 185 Å². The molecule has 2 atom stereocenters. The van der Waals surface area contributed by atoms with E-state index >= 15 is 0 Å². The van der Waals surface area contributed by atoms with Crippen molar-refractivity contribution in [3.8, 4) is 0 Å². The normalized spacial score (nSPS) is 26.7. The molecular weight excluding hydrogens is 438 g/mol. The van der Waals surface area contributed by atoms with Gasteiger partial charge in [0.2, 0.25) is 0 Å². The Kier molecular flexibility index (Phi) is 5.24. The Bertz CT molecular complexity index is 879. The Morgan fingerprint density at radius 3 is 1.38 bits per heavy atom. The first-order valence-corrected chi connectivity index (χ1v) is 9.50. The number of hydrogen-bond donors (Lipinski definition) is 0. The summed E-state index contributed by atoms with van der Waals surface area (Å²) in [5.41, 5.74) is 9.84. The summed E-state index contributed by atoms with van der Waals surface area (Å²) >= 11 is 14.7. The summed E-state index contributed by atoms with van der Waals surface area (Å²) in [6, 6.07) is 16.9. The number of hydrogen-bond acceptors (Lipinski definition) is 0. The van der Waals surface area contributed by atoms with Crippen LogP contribution in [0.5, 0.6) is 0 Å². The van der Waals surface area contributed by atoms with E-state index in [-0.39, 0.29) is 26.2 Å². The third kappa shape index (κ3) is 2.58. The zero-order chi connectivity index (χ0) is 18.0. The van der Waals surface area contributed by atoms with Crippen LogP contribution in [0.15, 0.2) is 59.7 Å². The second-order valence-corrected chi connectivity index (χ2v) is 8.66. The zero-order valence-electron chi connectivity index (χ0n) is 15.6. The molecule has 0 amide bonds. The zero-order valence-corrected chi connectivity index (χ0v) is 19.6. The number of halogens is 2. The summed E-state index contributed by atoms with van der Waals surface area (Å²) in [5.74, 6) is 0. The fraction of sp³-hybridized carbons (Fsp3) is 0.304. The van der Waals surface area contributed by atoms with E-state index < -0.39 is 9.75 Å². The molecule has 2 aromatic carbocycles. The Balaban J connectivity index is 0.00000196. The summed E-state index contributed by atoms with van der Waals surface area (Å²) in [4.78, 5) is -1.14. The summed E-state index contributed by atoms with van der Waals surface area (Å²) in [6.07, 6.45) is 0.656. The van der Waals surface area contributed by atoms with Gasteiger partial charge in [-0.25, -0.2) is 0 Å². The molecule has 0 fully saturated rings. The molecule has 0 radical (unpaired) electrons. The van der Waals surface area contributed by atoms with E-state index in [4.69, 9.17) is 23.2 Å². The molecule has 0 N–H and O–H groups in total. The second kappa shape index (κ2) is 6.77. The molecule has 26 heavy (non-hydrogen) atoms. The number of allylic oxidation sites excluding steroid dienone is 4. The van der Waals surface area contributed by atoms with E-state index in [9.17, 15) is 0 Å². The topological polar surface area (TPSA) is 0 Å². The van der Waals surface area contributed by atoms with Gasteiger partial charge in [0, 0.05) is 32.6 Å². The summed E-state index contributed by atoms with van der Waals surface area (Å²) in [7, 11) is 0. The van der Waals surface area contributed by atoms with Crippen LogP contribution < -0.4 is 0 Å². The standard InChI is InChI=1S/C23H22Cl2.Zr/c1-14-16(3)22(24,20-11-7-5-9-18(14)20)13-23(25)17(4)15(2)19-10-6-8-12-21(19)23;/h5-12H,13H2,1-4H3;. The van der Waals surface area contributed by atoms with Crippen molar-refractivity contribution < 1.29 is 26.2 Å². The molecule has 0 saturated carbocycles. The number of benzene rings is 2. The van der Waals surface area contributed by atoms with Crippen molar-refractivity contribution >= 4 is 34.3 Å². The predicted molar refractivity (Wildman–Crippen MR) is 109 cm³/mol. The quantitative estimate of drug-likeness (QED) is 0.414. The van der Waals surface area contributed by atoms with Gasteiger partial charge in [0.05, 0.1) is 9.75 Å². The molecule has 0 bridgehead atoms. The molecule has 132 valence electrons. The third-order valence-electron chi connectivity index (χ3n) is 6.32. The van der Waals surface area contributed by atoms with Gasteiger partial charge in [-0.15, -0.1) is 23.2 Å². The average Bonchev–Trinajstić information content (AvgIpc) is 2.93. The molecule has 3 heteroatoms. The first-order valence-electron chi connectivity index (χ1n) is 8.74. The molecule has 0 aromatic heterocycles. The fourth-order valence-corrected chi connectivity index (χ4v) is 5.59. The molecular formula is C23H22Cl2Zr. The van der Waals surface area contributed by atoms with Crippen LogP contribution in [0.4, 0.5) is 0 Å². The van der Waals surface area contributed by atoms with Crippen molar-refractivity contribution in [2.24, 2.45) is 0 Å². The number of rotatable bonds is 2. The predicted octanol–water partition coefficient (Wildman–Crippen LogP) is 7.26. The molecule has 0 nitrogen and oxygen atoms in total. The molecule has 0 aliphatic heterocycles. The van der Waals surface area contributed by atoms with E-state index in [1.165, 1.54) is 44.5 Å². The summed E-state index contributed by atoms with van der Waals surface area (Å²) in [6.45, 7) is 8.62. The minimum absolute atomic E-state index is 0. The van der Waals surface area contributed by atoms with Gasteiger partial charge in [-0.1, -0.05) is 48.5 Å². The van der Waals surface area contributed by atoms with Gasteiger partial charge in [-0.2, -0.15) is 0 Å². The number of fused-ring (bicyclic) bond motifs is 2. The van der Waals surface area contributed by atoms with E-state index in [2.05, 4.69) is 76.2 Å². The van der Waals surface area contributed by atoms with E-state index in [0.29, 0.717) is 6.42 Å². The molecule has 0 heterocycles. The van der Waals surface area contributed by atoms with Crippen LogP contribution >= 0.6 is 23.2 Å². The van der Waals surface area contributed by atoms with Crippen molar-refractivity contribution in [2.45, 2.75) is 43.9 Å². The van der Waals surface area contributed by atoms with Gasteiger partial charge in [0.25, 0.3) is 0 Å². The van der Waals surface area contributed by atoms with Gasteiger partial charge in [0.15, 0.2) is 0 Å². The van der Waals surface area contributed by atoms with E-state index in [1.54, 1.807) is 0 Å². The van der Waals surface area contributed by atoms with Crippen LogP contribution in [-0.4, -0.2) is 0 Å². The first-order chi connectivity index (χ1) is 11.8. The first kappa shape index (κ1) is 20.1. The van der Waals surface area contributed by atoms with Crippen molar-refractivity contribution in [2.75, 3.05) is 0 Å². The SMILES string of the molecule is CC1=C(C)C(Cl)(CC2(Cl)C(C)=C(C)c3ccccc32)c2ccccc21.[Zr]. The van der Waals surface area contributed by atoms with Crippen LogP contribution in [0.2, 0.25) is 0 Å². The Hall–Kier alpha value is -0.617. The smallest absolute Gasteiger partial charge is 0.0936 e. The van der Waals surface area contributed by atoms with Crippen molar-refractivity contribution in [1.82, 2.24) is 0 Å². The van der Waals surface area contributed by atoms with Gasteiger partial charge in [-0.3, -0.25) is 0 Å². The third-order valence-corrected chi connectivity index (χ3v) is 7.56. The van der Waals surface area contributed by atoms with Crippen molar-refractivity contribution in [3.05, 3.63) is 81.9 Å². The van der Waals surface area contributed by atoms with Crippen LogP contribution in [0.1, 0.15) is 56.4 Å². The Morgan fingerprint density at radius 1 is 0.654 bits per heavy atom. The van der Waals surface area contributed by atoms with Gasteiger partial charge >= 0.3 is 0 Å². The maximum Gasteiger partial charge on any atom is 0.0936 e. The van der Waals surface area contributed by atoms with E-state index in [0.717, 1.165) is 0 Å². The van der Waals surface area contributed by atoms with Gasteiger partial charge < -0.3 is 0 Å². The van der Waals surface area contributed by atoms with Crippen molar-refractivity contribution in [3.63, 3.8) is 0 Å². The molecule has 0 saturated heterocycles. The minimum atomic E-state index is -0.568. The van der Waals surface area contributed by atoms with E-state index in [1.807, 2.05) is 0 Å². The maximum atomic E-state index is 7.33. The minimum Gasteiger partial charge on any atom is -0.109 e. The molecule has 2 aromatic rings. The average molecular weight is 461 g/mol. The van der Waals surface area contributed by atoms with Crippen LogP contribution in [0, 0.1) is 0 Å².